The van der Waals surface area contributed by atoms with E-state index < -0.39 is 16.1 Å². The van der Waals surface area contributed by atoms with E-state index in [1.165, 1.54) is 0 Å². The van der Waals surface area contributed by atoms with Crippen LogP contribution in [-0.2, 0) is 17.1 Å². The molecule has 0 amide bonds. The van der Waals surface area contributed by atoms with Crippen LogP contribution in [0.15, 0.2) is 51.9 Å². The lowest BCUT2D eigenvalue weighted by atomic mass is 10.2. The molecule has 4 aromatic rings. The zero-order chi connectivity index (χ0) is 19.9. The molecule has 144 valence electrons. The van der Waals surface area contributed by atoms with Gasteiger partial charge in [0.05, 0.1) is 16.5 Å². The van der Waals surface area contributed by atoms with E-state index in [-0.39, 0.29) is 10.8 Å². The highest BCUT2D eigenvalue weighted by Gasteiger charge is 2.23. The van der Waals surface area contributed by atoms with Crippen molar-refractivity contribution in [3.8, 4) is 11.4 Å². The Balaban J connectivity index is 1.56. The molecule has 0 saturated carbocycles. The molecule has 28 heavy (non-hydrogen) atoms. The van der Waals surface area contributed by atoms with Crippen molar-refractivity contribution >= 4 is 21.1 Å². The lowest BCUT2D eigenvalue weighted by molar-refractivity contribution is 0.354. The molecule has 1 atom stereocenters. The van der Waals surface area contributed by atoms with Crippen LogP contribution in [0, 0.1) is 6.92 Å². The molecule has 0 aliphatic rings. The second kappa shape index (κ2) is 6.80. The van der Waals surface area contributed by atoms with Gasteiger partial charge in [0.25, 0.3) is 0 Å². The molecule has 4 rings (SSSR count). The molecule has 0 spiro atoms. The Hall–Kier alpha value is -3.11. The van der Waals surface area contributed by atoms with Crippen LogP contribution in [0.5, 0.6) is 0 Å². The van der Waals surface area contributed by atoms with Crippen LogP contribution in [0.2, 0.25) is 0 Å². The Bertz CT molecular complexity index is 1240. The van der Waals surface area contributed by atoms with Crippen LogP contribution in [0.1, 0.15) is 24.4 Å². The van der Waals surface area contributed by atoms with Gasteiger partial charge in [0.15, 0.2) is 0 Å². The minimum absolute atomic E-state index is 0.171. The molecular formula is C18H18N6O3S. The Morgan fingerprint density at radius 3 is 2.64 bits per heavy atom. The highest BCUT2D eigenvalue weighted by atomic mass is 32.2. The largest absolute Gasteiger partial charge is 0.337 e. The van der Waals surface area contributed by atoms with Gasteiger partial charge in [0.2, 0.25) is 21.7 Å². The third-order valence-corrected chi connectivity index (χ3v) is 5.90. The first-order valence-electron chi connectivity index (χ1n) is 8.56. The Kier molecular flexibility index (Phi) is 4.44. The van der Waals surface area contributed by atoms with Crippen molar-refractivity contribution < 1.29 is 12.9 Å². The van der Waals surface area contributed by atoms with Crippen LogP contribution in [-0.4, -0.2) is 33.6 Å². The zero-order valence-corrected chi connectivity index (χ0v) is 16.3. The molecule has 2 aromatic carbocycles. The number of aromatic nitrogens is 5. The van der Waals surface area contributed by atoms with Gasteiger partial charge in [-0.2, -0.15) is 9.71 Å². The van der Waals surface area contributed by atoms with E-state index in [2.05, 4.69) is 25.2 Å². The number of benzene rings is 2. The summed E-state index contributed by atoms with van der Waals surface area (Å²) >= 11 is 0. The number of nitrogens with one attached hydrogen (secondary N) is 1. The number of hydrogen-bond donors (Lipinski definition) is 1. The summed E-state index contributed by atoms with van der Waals surface area (Å²) in [5.41, 5.74) is 3.27. The van der Waals surface area contributed by atoms with Crippen LogP contribution >= 0.6 is 0 Å². The van der Waals surface area contributed by atoms with Crippen LogP contribution in [0.25, 0.3) is 22.4 Å². The Labute approximate surface area is 161 Å². The molecule has 10 heteroatoms. The first kappa shape index (κ1) is 18.3. The summed E-state index contributed by atoms with van der Waals surface area (Å²) in [5.74, 6) is 0.522. The third kappa shape index (κ3) is 3.39. The van der Waals surface area contributed by atoms with Gasteiger partial charge in [-0.25, -0.2) is 13.1 Å². The van der Waals surface area contributed by atoms with Crippen molar-refractivity contribution in [2.24, 2.45) is 7.05 Å². The quantitative estimate of drug-likeness (QED) is 0.548. The summed E-state index contributed by atoms with van der Waals surface area (Å²) in [5, 5.41) is 12.0. The molecule has 0 aliphatic carbocycles. The van der Waals surface area contributed by atoms with E-state index in [0.29, 0.717) is 16.9 Å². The summed E-state index contributed by atoms with van der Waals surface area (Å²) < 4.78 is 34.6. The molecule has 0 fully saturated rings. The minimum Gasteiger partial charge on any atom is -0.337 e. The van der Waals surface area contributed by atoms with Gasteiger partial charge in [0.1, 0.15) is 5.52 Å². The lowest BCUT2D eigenvalue weighted by Gasteiger charge is -2.10. The van der Waals surface area contributed by atoms with Crippen molar-refractivity contribution in [2.45, 2.75) is 24.8 Å². The highest BCUT2D eigenvalue weighted by Crippen LogP contribution is 2.23. The standard InChI is InChI=1S/C18H18N6O3S/c1-11-4-7-14(8-5-11)28(25,26)22-12(2)18-19-17(21-27-18)13-6-9-16-15(10-13)20-23-24(16)3/h4-10,12,22H,1-3H3/t12-/m1/s1. The molecule has 2 heterocycles. The van der Waals surface area contributed by atoms with Gasteiger partial charge in [-0.1, -0.05) is 28.1 Å². The molecule has 0 bridgehead atoms. The van der Waals surface area contributed by atoms with Gasteiger partial charge < -0.3 is 4.52 Å². The number of sulfonamides is 1. The number of aryl methyl sites for hydroxylation is 2. The normalized spacial score (nSPS) is 13.1. The van der Waals surface area contributed by atoms with E-state index in [1.54, 1.807) is 41.9 Å². The van der Waals surface area contributed by atoms with Gasteiger partial charge in [-0.3, -0.25) is 0 Å². The fraction of sp³-hybridized carbons (Fsp3) is 0.222. The third-order valence-electron chi connectivity index (χ3n) is 4.34. The van der Waals surface area contributed by atoms with Gasteiger partial charge in [0, 0.05) is 12.6 Å². The molecule has 0 saturated heterocycles. The second-order valence-electron chi connectivity index (χ2n) is 6.53. The molecule has 2 aromatic heterocycles. The van der Waals surface area contributed by atoms with Crippen molar-refractivity contribution in [1.82, 2.24) is 29.9 Å². The zero-order valence-electron chi connectivity index (χ0n) is 15.5. The Morgan fingerprint density at radius 2 is 1.89 bits per heavy atom. The topological polar surface area (TPSA) is 116 Å². The number of fused-ring (bicyclic) bond motifs is 1. The number of hydrogen-bond acceptors (Lipinski definition) is 7. The summed E-state index contributed by atoms with van der Waals surface area (Å²) in [4.78, 5) is 4.50. The first-order chi connectivity index (χ1) is 13.3. The lowest BCUT2D eigenvalue weighted by Crippen LogP contribution is -2.27. The van der Waals surface area contributed by atoms with Crippen molar-refractivity contribution in [2.75, 3.05) is 0 Å². The molecule has 1 N–H and O–H groups in total. The summed E-state index contributed by atoms with van der Waals surface area (Å²) in [7, 11) is -1.90. The van der Waals surface area contributed by atoms with Gasteiger partial charge >= 0.3 is 0 Å². The fourth-order valence-electron chi connectivity index (χ4n) is 2.78. The van der Waals surface area contributed by atoms with E-state index in [9.17, 15) is 8.42 Å². The van der Waals surface area contributed by atoms with Gasteiger partial charge in [-0.05, 0) is 44.2 Å². The summed E-state index contributed by atoms with van der Waals surface area (Å²) in [6.45, 7) is 3.54. The van der Waals surface area contributed by atoms with Crippen LogP contribution in [0.3, 0.4) is 0 Å². The molecule has 0 aliphatic heterocycles. The summed E-state index contributed by atoms with van der Waals surface area (Å²) in [6, 6.07) is 11.4. The maximum absolute atomic E-state index is 12.5. The van der Waals surface area contributed by atoms with Crippen LogP contribution < -0.4 is 4.72 Å². The van der Waals surface area contributed by atoms with Crippen molar-refractivity contribution in [3.63, 3.8) is 0 Å². The first-order valence-corrected chi connectivity index (χ1v) is 10.0. The van der Waals surface area contributed by atoms with E-state index in [4.69, 9.17) is 4.52 Å². The SMILES string of the molecule is Cc1ccc(S(=O)(=O)N[C@H](C)c2nc(-c3ccc4c(c3)nnn4C)no2)cc1. The predicted molar refractivity (Wildman–Crippen MR) is 102 cm³/mol. The maximum Gasteiger partial charge on any atom is 0.244 e. The number of nitrogens with zero attached hydrogens (tertiary/aromatic N) is 5. The average molecular weight is 398 g/mol. The molecule has 0 unspecified atom stereocenters. The monoisotopic (exact) mass is 398 g/mol. The second-order valence-corrected chi connectivity index (χ2v) is 8.24. The van der Waals surface area contributed by atoms with Gasteiger partial charge in [-0.15, -0.1) is 5.10 Å². The van der Waals surface area contributed by atoms with E-state index in [0.717, 1.165) is 11.1 Å². The Morgan fingerprint density at radius 1 is 1.14 bits per heavy atom. The van der Waals surface area contributed by atoms with Crippen molar-refractivity contribution in [1.29, 1.82) is 0 Å². The summed E-state index contributed by atoms with van der Waals surface area (Å²) in [6.07, 6.45) is 0. The molecular weight excluding hydrogens is 380 g/mol. The predicted octanol–water partition coefficient (Wildman–Crippen LogP) is 2.37. The smallest absolute Gasteiger partial charge is 0.244 e. The van der Waals surface area contributed by atoms with Crippen molar-refractivity contribution in [3.05, 3.63) is 53.9 Å². The highest BCUT2D eigenvalue weighted by molar-refractivity contribution is 7.89. The average Bonchev–Trinajstić information content (AvgIpc) is 3.29. The molecule has 9 nitrogen and oxygen atoms in total. The van der Waals surface area contributed by atoms with E-state index >= 15 is 0 Å². The molecule has 0 radical (unpaired) electrons. The number of rotatable bonds is 5. The van der Waals surface area contributed by atoms with E-state index in [1.807, 2.05) is 26.1 Å². The minimum atomic E-state index is -3.70. The fourth-order valence-corrected chi connectivity index (χ4v) is 3.97. The maximum atomic E-state index is 12.5. The van der Waals surface area contributed by atoms with Crippen LogP contribution in [0.4, 0.5) is 0 Å².